The van der Waals surface area contributed by atoms with Crippen molar-refractivity contribution < 1.29 is 33.4 Å². The molecule has 0 unspecified atom stereocenters. The standard InChI is InChI=1S/C35H48N6O7/c1-23(2)32-35(46)40(4)21-31(43)37-24(3)22-48-29-8-6-5-7-27(29)33(44)38-28(13-14-30(42)39-32)34(45)36-19-25-9-11-26(12-10-25)20-41-15-17-47-18-16-41/h5-12,23-24,28,32H,13-22H2,1-4H3,(H,36,45)(H,37,43)(H,38,44)(H,39,42)/t24-,28-,32-/m0/s1. The van der Waals surface area contributed by atoms with Gasteiger partial charge in [-0.2, -0.15) is 0 Å². The molecule has 3 atom stereocenters. The predicted octanol–water partition coefficient (Wildman–Crippen LogP) is 1.21. The van der Waals surface area contributed by atoms with Crippen molar-refractivity contribution in [3.05, 3.63) is 65.2 Å². The van der Waals surface area contributed by atoms with E-state index in [0.29, 0.717) is 0 Å². The van der Waals surface area contributed by atoms with Crippen LogP contribution in [0.25, 0.3) is 0 Å². The summed E-state index contributed by atoms with van der Waals surface area (Å²) in [6, 6.07) is 12.2. The first kappa shape index (κ1) is 36.3. The lowest BCUT2D eigenvalue weighted by molar-refractivity contribution is -0.139. The Kier molecular flexibility index (Phi) is 13.3. The summed E-state index contributed by atoms with van der Waals surface area (Å²) >= 11 is 0. The molecule has 1 saturated heterocycles. The summed E-state index contributed by atoms with van der Waals surface area (Å²) in [5.74, 6) is -2.24. The molecule has 0 aliphatic carbocycles. The molecule has 2 heterocycles. The van der Waals surface area contributed by atoms with Gasteiger partial charge in [-0.3, -0.25) is 28.9 Å². The number of likely N-dealkylation sites (N-methyl/N-ethyl adjacent to an activating group) is 1. The highest BCUT2D eigenvalue weighted by atomic mass is 16.5. The molecule has 0 aromatic heterocycles. The molecule has 0 saturated carbocycles. The van der Waals surface area contributed by atoms with Crippen LogP contribution in [-0.2, 0) is 37.0 Å². The number of ether oxygens (including phenoxy) is 2. The molecule has 2 aromatic rings. The van der Waals surface area contributed by atoms with Gasteiger partial charge in [-0.15, -0.1) is 0 Å². The van der Waals surface area contributed by atoms with Crippen LogP contribution in [0.15, 0.2) is 48.5 Å². The summed E-state index contributed by atoms with van der Waals surface area (Å²) in [5, 5.41) is 11.2. The number of amides is 5. The number of nitrogens with one attached hydrogen (secondary N) is 4. The van der Waals surface area contributed by atoms with E-state index in [0.717, 1.165) is 44.0 Å². The number of benzene rings is 2. The Morgan fingerprint density at radius 2 is 1.62 bits per heavy atom. The van der Waals surface area contributed by atoms with E-state index in [1.54, 1.807) is 45.0 Å². The number of nitrogens with zero attached hydrogens (tertiary/aromatic N) is 2. The van der Waals surface area contributed by atoms with Gasteiger partial charge in [-0.25, -0.2) is 0 Å². The molecule has 2 aliphatic heterocycles. The number of carbonyl (C=O) groups is 5. The van der Waals surface area contributed by atoms with Crippen LogP contribution in [-0.4, -0.2) is 104 Å². The minimum Gasteiger partial charge on any atom is -0.491 e. The molecular formula is C35H48N6O7. The molecule has 13 nitrogen and oxygen atoms in total. The predicted molar refractivity (Wildman–Crippen MR) is 179 cm³/mol. The van der Waals surface area contributed by atoms with Gasteiger partial charge >= 0.3 is 0 Å². The van der Waals surface area contributed by atoms with E-state index >= 15 is 0 Å². The average molecular weight is 665 g/mol. The topological polar surface area (TPSA) is 158 Å². The van der Waals surface area contributed by atoms with Crippen LogP contribution in [0.5, 0.6) is 5.75 Å². The van der Waals surface area contributed by atoms with Crippen LogP contribution in [0.2, 0.25) is 0 Å². The van der Waals surface area contributed by atoms with E-state index < -0.39 is 41.8 Å². The van der Waals surface area contributed by atoms with Gasteiger partial charge < -0.3 is 35.6 Å². The minimum atomic E-state index is -1.05. The summed E-state index contributed by atoms with van der Waals surface area (Å²) in [7, 11) is 1.51. The lowest BCUT2D eigenvalue weighted by Crippen LogP contribution is -2.53. The monoisotopic (exact) mass is 664 g/mol. The molecule has 0 spiro atoms. The number of hydrogen-bond donors (Lipinski definition) is 4. The molecule has 1 fully saturated rings. The summed E-state index contributed by atoms with van der Waals surface area (Å²) in [4.78, 5) is 69.6. The van der Waals surface area contributed by atoms with Gasteiger partial charge in [0.1, 0.15) is 24.4 Å². The second kappa shape index (κ2) is 17.6. The van der Waals surface area contributed by atoms with Crippen molar-refractivity contribution in [3.63, 3.8) is 0 Å². The van der Waals surface area contributed by atoms with Crippen molar-refractivity contribution in [1.29, 1.82) is 0 Å². The van der Waals surface area contributed by atoms with Crippen molar-refractivity contribution >= 4 is 29.5 Å². The third kappa shape index (κ3) is 10.8. The molecule has 0 bridgehead atoms. The van der Waals surface area contributed by atoms with Crippen LogP contribution in [0.4, 0.5) is 0 Å². The number of hydrogen-bond acceptors (Lipinski definition) is 8. The molecule has 0 radical (unpaired) electrons. The minimum absolute atomic E-state index is 0.0147. The zero-order chi connectivity index (χ0) is 34.6. The molecular weight excluding hydrogens is 616 g/mol. The highest BCUT2D eigenvalue weighted by Crippen LogP contribution is 2.19. The molecule has 260 valence electrons. The molecule has 5 amide bonds. The molecule has 4 N–H and O–H groups in total. The zero-order valence-electron chi connectivity index (χ0n) is 28.3. The molecule has 4 rings (SSSR count). The highest BCUT2D eigenvalue weighted by molar-refractivity contribution is 6.00. The van der Waals surface area contributed by atoms with Gasteiger partial charge in [0, 0.05) is 39.6 Å². The molecule has 13 heteroatoms. The maximum absolute atomic E-state index is 13.5. The fourth-order valence-corrected chi connectivity index (χ4v) is 5.52. The maximum atomic E-state index is 13.5. The highest BCUT2D eigenvalue weighted by Gasteiger charge is 2.30. The Hall–Kier alpha value is -4.49. The second-order valence-electron chi connectivity index (χ2n) is 12.7. The molecule has 48 heavy (non-hydrogen) atoms. The Balaban J connectivity index is 1.49. The summed E-state index contributed by atoms with van der Waals surface area (Å²) in [6.45, 7) is 9.49. The smallest absolute Gasteiger partial charge is 0.255 e. The first-order chi connectivity index (χ1) is 23.0. The Labute approximate surface area is 282 Å². The van der Waals surface area contributed by atoms with E-state index in [-0.39, 0.29) is 55.7 Å². The third-order valence-electron chi connectivity index (χ3n) is 8.32. The Bertz CT molecular complexity index is 1430. The number of para-hydroxylation sites is 1. The third-order valence-corrected chi connectivity index (χ3v) is 8.32. The van der Waals surface area contributed by atoms with E-state index in [1.165, 1.54) is 11.9 Å². The van der Waals surface area contributed by atoms with Crippen LogP contribution in [0.1, 0.15) is 55.1 Å². The van der Waals surface area contributed by atoms with Gasteiger partial charge in [0.05, 0.1) is 31.4 Å². The fourth-order valence-electron chi connectivity index (χ4n) is 5.52. The number of fused-ring (bicyclic) bond motifs is 1. The van der Waals surface area contributed by atoms with Crippen molar-refractivity contribution in [2.45, 2.75) is 64.8 Å². The Morgan fingerprint density at radius 1 is 0.938 bits per heavy atom. The number of carbonyl (C=O) groups excluding carboxylic acids is 5. The van der Waals surface area contributed by atoms with Gasteiger partial charge in [0.2, 0.25) is 23.6 Å². The van der Waals surface area contributed by atoms with Crippen LogP contribution in [0.3, 0.4) is 0 Å². The fraction of sp³-hybridized carbons (Fsp3) is 0.514. The van der Waals surface area contributed by atoms with Gasteiger partial charge in [-0.05, 0) is 42.5 Å². The first-order valence-electron chi connectivity index (χ1n) is 16.5. The maximum Gasteiger partial charge on any atom is 0.255 e. The normalized spacial score (nSPS) is 22.4. The van der Waals surface area contributed by atoms with Gasteiger partial charge in [-0.1, -0.05) is 50.2 Å². The van der Waals surface area contributed by atoms with E-state index in [1.807, 2.05) is 24.3 Å². The van der Waals surface area contributed by atoms with Gasteiger partial charge in [0.15, 0.2) is 0 Å². The summed E-state index contributed by atoms with van der Waals surface area (Å²) in [6.07, 6.45) is -0.149. The SMILES string of the molecule is CC(C)[C@@H]1NC(=O)CC[C@@H](C(=O)NCc2ccc(CN3CCOCC3)cc2)NC(=O)c2ccccc2OC[C@H](C)NC(=O)CN(C)C1=O. The van der Waals surface area contributed by atoms with Crippen molar-refractivity contribution in [1.82, 2.24) is 31.1 Å². The van der Waals surface area contributed by atoms with E-state index in [2.05, 4.69) is 26.2 Å². The Morgan fingerprint density at radius 3 is 2.33 bits per heavy atom. The van der Waals surface area contributed by atoms with Gasteiger partial charge in [0.25, 0.3) is 5.91 Å². The first-order valence-corrected chi connectivity index (χ1v) is 16.5. The largest absolute Gasteiger partial charge is 0.491 e. The molecule has 2 aromatic carbocycles. The van der Waals surface area contributed by atoms with Crippen molar-refractivity contribution in [2.24, 2.45) is 5.92 Å². The van der Waals surface area contributed by atoms with Crippen molar-refractivity contribution in [2.75, 3.05) is 46.5 Å². The summed E-state index contributed by atoms with van der Waals surface area (Å²) < 4.78 is 11.3. The average Bonchev–Trinajstić information content (AvgIpc) is 3.07. The number of morpholine rings is 1. The lowest BCUT2D eigenvalue weighted by Gasteiger charge is -2.28. The van der Waals surface area contributed by atoms with Crippen LogP contribution < -0.4 is 26.0 Å². The van der Waals surface area contributed by atoms with Crippen LogP contribution in [0, 0.1) is 5.92 Å². The van der Waals surface area contributed by atoms with Crippen LogP contribution >= 0.6 is 0 Å². The lowest BCUT2D eigenvalue weighted by atomic mass is 10.0. The second-order valence-corrected chi connectivity index (χ2v) is 12.7. The summed E-state index contributed by atoms with van der Waals surface area (Å²) in [5.41, 5.74) is 2.26. The van der Waals surface area contributed by atoms with Crippen molar-refractivity contribution in [3.8, 4) is 5.75 Å². The van der Waals surface area contributed by atoms with E-state index in [9.17, 15) is 24.0 Å². The van der Waals surface area contributed by atoms with E-state index in [4.69, 9.17) is 9.47 Å². The molecule has 2 aliphatic rings. The number of rotatable bonds is 6. The zero-order valence-corrected chi connectivity index (χ0v) is 28.3. The quantitative estimate of drug-likeness (QED) is 0.359.